The first-order chi connectivity index (χ1) is 3.81. The van der Waals surface area contributed by atoms with Crippen molar-refractivity contribution in [2.24, 2.45) is 10.7 Å². The highest BCUT2D eigenvalue weighted by Gasteiger charge is 1.81. The van der Waals surface area contributed by atoms with Crippen LogP contribution >= 0.6 is 24.4 Å². The fourth-order valence-corrected chi connectivity index (χ4v) is 0.360. The number of hydrogen-bond donors (Lipinski definition) is 3. The molecule has 0 aromatic heterocycles. The summed E-state index contributed by atoms with van der Waals surface area (Å²) in [7, 11) is 0. The molecule has 3 nitrogen and oxygen atoms in total. The minimum absolute atomic E-state index is 0.237. The maximum Gasteiger partial charge on any atom is 0.203 e. The summed E-state index contributed by atoms with van der Waals surface area (Å²) in [6.07, 6.45) is 0. The molecule has 0 aromatic rings. The molecule has 0 spiro atoms. The van der Waals surface area contributed by atoms with Crippen molar-refractivity contribution in [1.82, 2.24) is 4.84 Å². The minimum Gasteiger partial charge on any atom is -0.369 e. The van der Waals surface area contributed by atoms with E-state index in [9.17, 15) is 0 Å². The van der Waals surface area contributed by atoms with Gasteiger partial charge in [-0.25, -0.2) is 0 Å². The molecule has 0 fully saturated rings. The number of nitrogens with zero attached hydrogens (tertiary/aromatic N) is 1. The highest BCUT2D eigenvalue weighted by Crippen LogP contribution is 1.74. The molecule has 0 aromatic carbocycles. The van der Waals surface area contributed by atoms with Crippen molar-refractivity contribution in [3.8, 4) is 0 Å². The third-order valence-corrected chi connectivity index (χ3v) is 0.873. The van der Waals surface area contributed by atoms with Gasteiger partial charge in [0.15, 0.2) is 0 Å². The fourth-order valence-electron chi connectivity index (χ4n) is 0.200. The summed E-state index contributed by atoms with van der Waals surface area (Å²) < 4.78 is 0. The Kier molecular flexibility index (Phi) is 5.00. The van der Waals surface area contributed by atoms with Gasteiger partial charge >= 0.3 is 0 Å². The van der Waals surface area contributed by atoms with E-state index in [-0.39, 0.29) is 5.96 Å². The zero-order valence-corrected chi connectivity index (χ0v) is 5.91. The van der Waals surface area contributed by atoms with Crippen LogP contribution in [0.1, 0.15) is 0 Å². The van der Waals surface area contributed by atoms with E-state index in [4.69, 9.17) is 17.5 Å². The van der Waals surface area contributed by atoms with Crippen molar-refractivity contribution in [2.45, 2.75) is 0 Å². The van der Waals surface area contributed by atoms with Gasteiger partial charge in [0.25, 0.3) is 0 Å². The lowest BCUT2D eigenvalue weighted by atomic mass is 10.8. The number of nitrogens with two attached hydrogens (primary N) is 1. The third kappa shape index (κ3) is 4.08. The Hall–Kier alpha value is -0.0900. The average molecular weight is 154 g/mol. The summed E-state index contributed by atoms with van der Waals surface area (Å²) in [5.74, 6) is 0.917. The fraction of sp³-hybridized carbons (Fsp3) is 0.667. The lowest BCUT2D eigenvalue weighted by Gasteiger charge is -1.92. The van der Waals surface area contributed by atoms with Gasteiger partial charge in [-0.2, -0.15) is 12.6 Å². The predicted molar refractivity (Wildman–Crippen MR) is 39.3 cm³/mol. The number of nitrogens with one attached hydrogen (secondary N) is 1. The van der Waals surface area contributed by atoms with E-state index in [1.165, 1.54) is 0 Å². The molecule has 0 saturated carbocycles. The molecule has 0 atom stereocenters. The van der Waals surface area contributed by atoms with Crippen LogP contribution in [-0.4, -0.2) is 18.3 Å². The zero-order valence-electron chi connectivity index (χ0n) is 4.26. The minimum atomic E-state index is 0.237. The van der Waals surface area contributed by atoms with Crippen LogP contribution in [0.25, 0.3) is 0 Å². The Morgan fingerprint density at radius 1 is 1.88 bits per heavy atom. The average Bonchev–Trinajstić information content (AvgIpc) is 1.83. The second-order valence-corrected chi connectivity index (χ2v) is 1.72. The third-order valence-electron chi connectivity index (χ3n) is 0.479. The molecule has 0 aliphatic heterocycles. The van der Waals surface area contributed by atoms with Gasteiger partial charge in [0.2, 0.25) is 5.96 Å². The van der Waals surface area contributed by atoms with E-state index < -0.39 is 0 Å². The Labute approximate surface area is 58.8 Å². The molecule has 0 bridgehead atoms. The van der Waals surface area contributed by atoms with E-state index in [1.807, 2.05) is 0 Å². The van der Waals surface area contributed by atoms with Crippen molar-refractivity contribution < 1.29 is 0 Å². The lowest BCUT2D eigenvalue weighted by Crippen LogP contribution is -2.23. The number of thiol groups is 1. The van der Waals surface area contributed by atoms with Crippen LogP contribution in [0.3, 0.4) is 0 Å². The monoisotopic (exact) mass is 153 g/mol. The van der Waals surface area contributed by atoms with E-state index >= 15 is 0 Å². The maximum atomic E-state index is 5.13. The van der Waals surface area contributed by atoms with Crippen molar-refractivity contribution >= 4 is 30.4 Å². The van der Waals surface area contributed by atoms with Gasteiger partial charge in [0.1, 0.15) is 0 Å². The summed E-state index contributed by atoms with van der Waals surface area (Å²) in [5, 5.41) is 0. The standard InChI is InChI=1S/C3H8ClN3S/c4-7-3(5)6-1-2-8/h8H,1-2H2,(H3,5,6,7). The van der Waals surface area contributed by atoms with Crippen molar-refractivity contribution in [3.05, 3.63) is 0 Å². The Morgan fingerprint density at radius 3 is 2.88 bits per heavy atom. The van der Waals surface area contributed by atoms with Crippen LogP contribution in [0.2, 0.25) is 0 Å². The van der Waals surface area contributed by atoms with Gasteiger partial charge in [-0.3, -0.25) is 9.83 Å². The normalized spacial score (nSPS) is 11.5. The molecule has 0 unspecified atom stereocenters. The molecule has 0 heterocycles. The van der Waals surface area contributed by atoms with Crippen molar-refractivity contribution in [3.63, 3.8) is 0 Å². The Morgan fingerprint density at radius 2 is 2.50 bits per heavy atom. The largest absolute Gasteiger partial charge is 0.369 e. The maximum absolute atomic E-state index is 5.13. The quantitative estimate of drug-likeness (QED) is 0.226. The molecule has 48 valence electrons. The van der Waals surface area contributed by atoms with Gasteiger partial charge < -0.3 is 5.73 Å². The van der Waals surface area contributed by atoms with Gasteiger partial charge in [-0.15, -0.1) is 0 Å². The first-order valence-corrected chi connectivity index (χ1v) is 3.09. The molecular formula is C3H8ClN3S. The summed E-state index contributed by atoms with van der Waals surface area (Å²) in [5.41, 5.74) is 5.13. The number of halogens is 1. The van der Waals surface area contributed by atoms with Crippen LogP contribution in [0.15, 0.2) is 4.99 Å². The van der Waals surface area contributed by atoms with Crippen LogP contribution in [-0.2, 0) is 0 Å². The van der Waals surface area contributed by atoms with Gasteiger partial charge in [-0.05, 0) is 0 Å². The molecule has 0 aliphatic rings. The smallest absolute Gasteiger partial charge is 0.203 e. The van der Waals surface area contributed by atoms with Crippen LogP contribution in [0.5, 0.6) is 0 Å². The van der Waals surface area contributed by atoms with Crippen LogP contribution < -0.4 is 10.6 Å². The molecule has 0 saturated heterocycles. The van der Waals surface area contributed by atoms with Crippen LogP contribution in [0, 0.1) is 0 Å². The number of rotatable bonds is 2. The zero-order chi connectivity index (χ0) is 6.41. The summed E-state index contributed by atoms with van der Waals surface area (Å²) in [6, 6.07) is 0. The van der Waals surface area contributed by atoms with Gasteiger partial charge in [0.05, 0.1) is 6.54 Å². The molecule has 5 heteroatoms. The summed E-state index contributed by atoms with van der Waals surface area (Å²) >= 11 is 8.96. The van der Waals surface area contributed by atoms with Gasteiger partial charge in [0, 0.05) is 17.5 Å². The van der Waals surface area contributed by atoms with Crippen LogP contribution in [0.4, 0.5) is 0 Å². The van der Waals surface area contributed by atoms with E-state index in [0.29, 0.717) is 12.3 Å². The number of guanidine groups is 1. The molecule has 0 rings (SSSR count). The van der Waals surface area contributed by atoms with E-state index in [1.54, 1.807) is 0 Å². The molecule has 0 aliphatic carbocycles. The molecule has 0 amide bonds. The van der Waals surface area contributed by atoms with Gasteiger partial charge in [-0.1, -0.05) is 0 Å². The lowest BCUT2D eigenvalue weighted by molar-refractivity contribution is 1.12. The number of aliphatic imine (C=N–C) groups is 1. The predicted octanol–water partition coefficient (Wildman–Crippen LogP) is -0.0257. The first-order valence-electron chi connectivity index (χ1n) is 2.08. The first kappa shape index (κ1) is 7.91. The summed E-state index contributed by atoms with van der Waals surface area (Å²) in [6.45, 7) is 0.592. The second-order valence-electron chi connectivity index (χ2n) is 1.09. The number of hydrogen-bond acceptors (Lipinski definition) is 2. The molecular weight excluding hydrogens is 146 g/mol. The highest BCUT2D eigenvalue weighted by atomic mass is 35.5. The van der Waals surface area contributed by atoms with Crippen molar-refractivity contribution in [2.75, 3.05) is 12.3 Å². The molecule has 8 heavy (non-hydrogen) atoms. The molecule has 3 N–H and O–H groups in total. The SMILES string of the molecule is NC(=NCCS)NCl. The summed E-state index contributed by atoms with van der Waals surface area (Å²) in [4.78, 5) is 5.90. The van der Waals surface area contributed by atoms with E-state index in [0.717, 1.165) is 0 Å². The Balaban J connectivity index is 3.26. The van der Waals surface area contributed by atoms with E-state index in [2.05, 4.69) is 22.5 Å². The Bertz CT molecular complexity index is 84.6. The highest BCUT2D eigenvalue weighted by molar-refractivity contribution is 7.80. The molecule has 0 radical (unpaired) electrons. The topological polar surface area (TPSA) is 50.4 Å². The van der Waals surface area contributed by atoms with Crippen molar-refractivity contribution in [1.29, 1.82) is 0 Å². The second kappa shape index (κ2) is 5.05.